The average molecular weight is 394 g/mol. The van der Waals surface area contributed by atoms with E-state index in [4.69, 9.17) is 0 Å². The number of nitrogens with zero attached hydrogens (tertiary/aromatic N) is 1. The quantitative estimate of drug-likeness (QED) is 0.773. The Balaban J connectivity index is 1.49. The Bertz CT molecular complexity index is 826. The number of ketones is 1. The number of benzene rings is 1. The van der Waals surface area contributed by atoms with Gasteiger partial charge in [-0.2, -0.15) is 0 Å². The van der Waals surface area contributed by atoms with Crippen molar-refractivity contribution in [3.05, 3.63) is 41.5 Å². The van der Waals surface area contributed by atoms with Crippen LogP contribution in [0, 0.1) is 29.1 Å². The van der Waals surface area contributed by atoms with Crippen molar-refractivity contribution in [2.75, 3.05) is 19.0 Å². The summed E-state index contributed by atoms with van der Waals surface area (Å²) >= 11 is 0. The topological polar surface area (TPSA) is 40.5 Å². The standard InChI is InChI=1S/C26H35NO2/c1-26-13-12-21-20(23(26)10-11-24(26)29)9-6-17-14-19(28)15-22(25(17)21)16-4-7-18(8-5-16)27(2)3/h4-5,7-8,14,20-25,29H,6,9-13,15H2,1-3H3/t20-,21+,22+,23+,24+,25+,26+/m1/s1. The molecule has 29 heavy (non-hydrogen) atoms. The highest BCUT2D eigenvalue weighted by molar-refractivity contribution is 5.92. The molecular formula is C26H35NO2. The van der Waals surface area contributed by atoms with Gasteiger partial charge in [-0.05, 0) is 97.3 Å². The highest BCUT2D eigenvalue weighted by Gasteiger charge is 2.57. The molecule has 0 amide bonds. The van der Waals surface area contributed by atoms with Gasteiger partial charge in [-0.15, -0.1) is 0 Å². The summed E-state index contributed by atoms with van der Waals surface area (Å²) in [7, 11) is 4.14. The first kappa shape index (κ1) is 19.4. The number of hydrogen-bond donors (Lipinski definition) is 1. The maximum atomic E-state index is 12.6. The highest BCUT2D eigenvalue weighted by Crippen LogP contribution is 2.63. The first-order valence-corrected chi connectivity index (χ1v) is 11.6. The molecule has 3 saturated carbocycles. The fourth-order valence-corrected chi connectivity index (χ4v) is 7.60. The minimum Gasteiger partial charge on any atom is -0.393 e. The molecule has 1 N–H and O–H groups in total. The molecule has 4 aliphatic carbocycles. The molecular weight excluding hydrogens is 358 g/mol. The smallest absolute Gasteiger partial charge is 0.156 e. The lowest BCUT2D eigenvalue weighted by Gasteiger charge is -2.55. The molecule has 0 bridgehead atoms. The van der Waals surface area contributed by atoms with E-state index in [0.717, 1.165) is 19.3 Å². The number of carbonyl (C=O) groups excluding carboxylic acids is 1. The summed E-state index contributed by atoms with van der Waals surface area (Å²) in [4.78, 5) is 14.7. The van der Waals surface area contributed by atoms with Crippen LogP contribution < -0.4 is 4.90 Å². The Labute approximate surface area is 175 Å². The SMILES string of the molecule is CN(C)c1ccc([C@@H]2CC(=O)C=C3CC[C@@H]4[C@H](CC[C@]5(C)[C@@H](O)CC[C@@H]45)[C@H]32)cc1. The molecule has 0 aliphatic heterocycles. The lowest BCUT2D eigenvalue weighted by Crippen LogP contribution is -2.48. The lowest BCUT2D eigenvalue weighted by atomic mass is 9.50. The van der Waals surface area contributed by atoms with Crippen molar-refractivity contribution in [3.63, 3.8) is 0 Å². The minimum absolute atomic E-state index is 0.118. The van der Waals surface area contributed by atoms with Crippen LogP contribution in [-0.4, -0.2) is 31.1 Å². The number of aliphatic hydroxyl groups is 1. The van der Waals surface area contributed by atoms with E-state index in [1.54, 1.807) is 0 Å². The van der Waals surface area contributed by atoms with Gasteiger partial charge in [-0.3, -0.25) is 4.79 Å². The zero-order valence-electron chi connectivity index (χ0n) is 18.1. The first-order valence-electron chi connectivity index (χ1n) is 11.6. The van der Waals surface area contributed by atoms with Crippen molar-refractivity contribution in [1.29, 1.82) is 0 Å². The fourth-order valence-electron chi connectivity index (χ4n) is 7.60. The van der Waals surface area contributed by atoms with Gasteiger partial charge in [0, 0.05) is 26.2 Å². The van der Waals surface area contributed by atoms with Crippen molar-refractivity contribution in [1.82, 2.24) is 0 Å². The van der Waals surface area contributed by atoms with Crippen LogP contribution in [-0.2, 0) is 4.79 Å². The van der Waals surface area contributed by atoms with Gasteiger partial charge in [0.25, 0.3) is 0 Å². The second kappa shape index (κ2) is 6.97. The molecule has 1 aromatic carbocycles. The molecule has 0 radical (unpaired) electrons. The van der Waals surface area contributed by atoms with E-state index in [1.165, 1.54) is 36.1 Å². The van der Waals surface area contributed by atoms with Gasteiger partial charge in [0.15, 0.2) is 5.78 Å². The summed E-state index contributed by atoms with van der Waals surface area (Å²) in [5.41, 5.74) is 4.09. The van der Waals surface area contributed by atoms with Crippen LogP contribution in [0.15, 0.2) is 35.9 Å². The van der Waals surface area contributed by atoms with Gasteiger partial charge in [-0.25, -0.2) is 0 Å². The van der Waals surface area contributed by atoms with Crippen LogP contribution in [0.4, 0.5) is 5.69 Å². The lowest BCUT2D eigenvalue weighted by molar-refractivity contribution is -0.116. The van der Waals surface area contributed by atoms with Crippen molar-refractivity contribution >= 4 is 11.5 Å². The van der Waals surface area contributed by atoms with Gasteiger partial charge in [0.1, 0.15) is 0 Å². The second-order valence-electron chi connectivity index (χ2n) is 10.6. The summed E-state index contributed by atoms with van der Waals surface area (Å²) in [5, 5.41) is 10.7. The number of aliphatic hydroxyl groups excluding tert-OH is 1. The van der Waals surface area contributed by atoms with Gasteiger partial charge in [0.05, 0.1) is 6.10 Å². The molecule has 156 valence electrons. The number of fused-ring (bicyclic) bond motifs is 5. The summed E-state index contributed by atoms with van der Waals surface area (Å²) in [6.07, 6.45) is 9.34. The van der Waals surface area contributed by atoms with E-state index in [0.29, 0.717) is 41.8 Å². The molecule has 4 aliphatic rings. The van der Waals surface area contributed by atoms with E-state index >= 15 is 0 Å². The molecule has 5 rings (SSSR count). The zero-order chi connectivity index (χ0) is 20.3. The molecule has 0 spiro atoms. The molecule has 3 nitrogen and oxygen atoms in total. The van der Waals surface area contributed by atoms with Crippen molar-refractivity contribution in [2.24, 2.45) is 29.1 Å². The number of hydrogen-bond acceptors (Lipinski definition) is 3. The summed E-state index contributed by atoms with van der Waals surface area (Å²) in [6, 6.07) is 8.91. The largest absolute Gasteiger partial charge is 0.393 e. The third-order valence-electron chi connectivity index (χ3n) is 9.14. The molecule has 0 saturated heterocycles. The molecule has 3 fully saturated rings. The fraction of sp³-hybridized carbons (Fsp3) is 0.654. The monoisotopic (exact) mass is 393 g/mol. The zero-order valence-corrected chi connectivity index (χ0v) is 18.1. The Morgan fingerprint density at radius 3 is 2.52 bits per heavy atom. The summed E-state index contributed by atoms with van der Waals surface area (Å²) < 4.78 is 0. The minimum atomic E-state index is -0.118. The van der Waals surface area contributed by atoms with Crippen LogP contribution in [0.5, 0.6) is 0 Å². The van der Waals surface area contributed by atoms with Crippen molar-refractivity contribution < 1.29 is 9.90 Å². The molecule has 0 heterocycles. The summed E-state index contributed by atoms with van der Waals surface area (Å²) in [6.45, 7) is 2.35. The average Bonchev–Trinajstić information content (AvgIpc) is 3.02. The Hall–Kier alpha value is -1.61. The van der Waals surface area contributed by atoms with E-state index in [1.807, 2.05) is 6.08 Å². The van der Waals surface area contributed by atoms with Gasteiger partial charge in [0.2, 0.25) is 0 Å². The van der Waals surface area contributed by atoms with Crippen LogP contribution in [0.25, 0.3) is 0 Å². The molecule has 3 heteroatoms. The van der Waals surface area contributed by atoms with E-state index in [9.17, 15) is 9.90 Å². The molecule has 0 aromatic heterocycles. The van der Waals surface area contributed by atoms with Crippen molar-refractivity contribution in [2.45, 2.75) is 63.9 Å². The summed E-state index contributed by atoms with van der Waals surface area (Å²) in [5.74, 6) is 3.19. The van der Waals surface area contributed by atoms with Crippen molar-refractivity contribution in [3.8, 4) is 0 Å². The number of allylic oxidation sites excluding steroid dienone is 1. The number of carbonyl (C=O) groups is 1. The van der Waals surface area contributed by atoms with Gasteiger partial charge < -0.3 is 10.0 Å². The van der Waals surface area contributed by atoms with E-state index < -0.39 is 0 Å². The van der Waals surface area contributed by atoms with E-state index in [-0.39, 0.29) is 11.5 Å². The molecule has 0 unspecified atom stereocenters. The number of anilines is 1. The third kappa shape index (κ3) is 3.00. The Kier molecular flexibility index (Phi) is 4.66. The van der Waals surface area contributed by atoms with Gasteiger partial charge in [-0.1, -0.05) is 24.6 Å². The highest BCUT2D eigenvalue weighted by atomic mass is 16.3. The predicted molar refractivity (Wildman–Crippen MR) is 117 cm³/mol. The van der Waals surface area contributed by atoms with Crippen LogP contribution in [0.2, 0.25) is 0 Å². The van der Waals surface area contributed by atoms with Crippen LogP contribution in [0.1, 0.15) is 63.4 Å². The maximum absolute atomic E-state index is 12.6. The normalized spacial score (nSPS) is 41.2. The third-order valence-corrected chi connectivity index (χ3v) is 9.14. The van der Waals surface area contributed by atoms with Crippen LogP contribution in [0.3, 0.4) is 0 Å². The Morgan fingerprint density at radius 2 is 1.79 bits per heavy atom. The molecule has 1 aromatic rings. The first-order chi connectivity index (χ1) is 13.9. The maximum Gasteiger partial charge on any atom is 0.156 e. The van der Waals surface area contributed by atoms with Crippen LogP contribution >= 0.6 is 0 Å². The Morgan fingerprint density at radius 1 is 1.03 bits per heavy atom. The second-order valence-corrected chi connectivity index (χ2v) is 10.6. The molecule has 7 atom stereocenters. The number of rotatable bonds is 2. The van der Waals surface area contributed by atoms with E-state index in [2.05, 4.69) is 50.2 Å². The predicted octanol–water partition coefficient (Wildman–Crippen LogP) is 4.95. The van der Waals surface area contributed by atoms with Gasteiger partial charge >= 0.3 is 0 Å².